The molecular formula is C16H19F2N7. The average Bonchev–Trinajstić information content (AvgIpc) is 2.60. The van der Waals surface area contributed by atoms with Gasteiger partial charge in [0.05, 0.1) is 17.4 Å². The number of nitrogens with two attached hydrogens (primary N) is 2. The number of hydrogen-bond acceptors (Lipinski definition) is 6. The second-order valence-corrected chi connectivity index (χ2v) is 5.86. The number of anilines is 4. The summed E-state index contributed by atoms with van der Waals surface area (Å²) in [5, 5.41) is 10.3. The molecule has 3 rings (SSSR count). The van der Waals surface area contributed by atoms with Gasteiger partial charge in [0.2, 0.25) is 0 Å². The first-order valence-electron chi connectivity index (χ1n) is 7.93. The van der Waals surface area contributed by atoms with Crippen molar-refractivity contribution in [2.45, 2.75) is 19.3 Å². The van der Waals surface area contributed by atoms with Gasteiger partial charge in [-0.15, -0.1) is 0 Å². The van der Waals surface area contributed by atoms with Gasteiger partial charge in [0.15, 0.2) is 17.5 Å². The maximum absolute atomic E-state index is 14.2. The highest BCUT2D eigenvalue weighted by Crippen LogP contribution is 2.27. The van der Waals surface area contributed by atoms with E-state index < -0.39 is 17.5 Å². The van der Waals surface area contributed by atoms with E-state index >= 15 is 0 Å². The summed E-state index contributed by atoms with van der Waals surface area (Å²) in [5.74, 6) is -1.50. The molecule has 1 fully saturated rings. The van der Waals surface area contributed by atoms with E-state index in [0.29, 0.717) is 5.82 Å². The van der Waals surface area contributed by atoms with Crippen LogP contribution in [0.25, 0.3) is 0 Å². The maximum Gasteiger partial charge on any atom is 0.166 e. The Labute approximate surface area is 143 Å². The number of nitrogens with zero attached hydrogens (tertiary/aromatic N) is 3. The molecule has 0 aliphatic carbocycles. The summed E-state index contributed by atoms with van der Waals surface area (Å²) in [5.41, 5.74) is 11.0. The lowest BCUT2D eigenvalue weighted by Gasteiger charge is -2.28. The Bertz CT molecular complexity index is 803. The summed E-state index contributed by atoms with van der Waals surface area (Å²) in [4.78, 5) is 10.1. The highest BCUT2D eigenvalue weighted by atomic mass is 19.1. The number of amidine groups is 1. The Morgan fingerprint density at radius 2 is 1.88 bits per heavy atom. The van der Waals surface area contributed by atoms with Crippen molar-refractivity contribution < 1.29 is 8.78 Å². The van der Waals surface area contributed by atoms with Crippen LogP contribution in [0.1, 0.15) is 24.8 Å². The second-order valence-electron chi connectivity index (χ2n) is 5.86. The first-order valence-corrected chi connectivity index (χ1v) is 7.93. The lowest BCUT2D eigenvalue weighted by Crippen LogP contribution is -2.30. The molecule has 1 aliphatic rings. The van der Waals surface area contributed by atoms with Gasteiger partial charge < -0.3 is 21.7 Å². The van der Waals surface area contributed by atoms with E-state index in [9.17, 15) is 8.78 Å². The SMILES string of the molecule is N=C(N)c1cc(F)c(N)nc1Nc1cc(N2CCCCC2)ncc1F. The largest absolute Gasteiger partial charge is 0.384 e. The van der Waals surface area contributed by atoms with Gasteiger partial charge in [-0.1, -0.05) is 0 Å². The number of pyridine rings is 2. The van der Waals surface area contributed by atoms with E-state index in [1.165, 1.54) is 6.42 Å². The number of aromatic nitrogens is 2. The Morgan fingerprint density at radius 1 is 1.16 bits per heavy atom. The van der Waals surface area contributed by atoms with E-state index in [0.717, 1.165) is 38.2 Å². The molecule has 2 aromatic rings. The third kappa shape index (κ3) is 3.59. The van der Waals surface area contributed by atoms with Gasteiger partial charge in [-0.2, -0.15) is 0 Å². The molecule has 1 saturated heterocycles. The van der Waals surface area contributed by atoms with Crippen molar-refractivity contribution in [1.82, 2.24) is 9.97 Å². The molecule has 0 bridgehead atoms. The first-order chi connectivity index (χ1) is 12.0. The van der Waals surface area contributed by atoms with Crippen LogP contribution in [0.5, 0.6) is 0 Å². The van der Waals surface area contributed by atoms with Gasteiger partial charge in [0, 0.05) is 19.2 Å². The maximum atomic E-state index is 14.2. The summed E-state index contributed by atoms with van der Waals surface area (Å²) >= 11 is 0. The highest BCUT2D eigenvalue weighted by Gasteiger charge is 2.17. The molecular weight excluding hydrogens is 328 g/mol. The van der Waals surface area contributed by atoms with E-state index in [1.807, 2.05) is 0 Å². The fourth-order valence-electron chi connectivity index (χ4n) is 2.75. The van der Waals surface area contributed by atoms with Crippen molar-refractivity contribution in [3.05, 3.63) is 35.5 Å². The Hall–Kier alpha value is -2.97. The minimum Gasteiger partial charge on any atom is -0.384 e. The van der Waals surface area contributed by atoms with Crippen molar-refractivity contribution in [3.8, 4) is 0 Å². The zero-order valence-electron chi connectivity index (χ0n) is 13.5. The lowest BCUT2D eigenvalue weighted by atomic mass is 10.1. The van der Waals surface area contributed by atoms with Crippen molar-refractivity contribution in [3.63, 3.8) is 0 Å². The van der Waals surface area contributed by atoms with Gasteiger partial charge in [-0.05, 0) is 25.3 Å². The molecule has 132 valence electrons. The fourth-order valence-corrected chi connectivity index (χ4v) is 2.75. The molecule has 0 aromatic carbocycles. The van der Waals surface area contributed by atoms with Crippen molar-refractivity contribution >= 4 is 29.0 Å². The molecule has 6 N–H and O–H groups in total. The topological polar surface area (TPSA) is 117 Å². The third-order valence-corrected chi connectivity index (χ3v) is 4.07. The van der Waals surface area contributed by atoms with Crippen LogP contribution in [0, 0.1) is 17.0 Å². The summed E-state index contributed by atoms with van der Waals surface area (Å²) in [7, 11) is 0. The normalized spacial score (nSPS) is 14.4. The Morgan fingerprint density at radius 3 is 2.56 bits per heavy atom. The van der Waals surface area contributed by atoms with Gasteiger partial charge in [-0.3, -0.25) is 5.41 Å². The molecule has 0 atom stereocenters. The third-order valence-electron chi connectivity index (χ3n) is 4.07. The summed E-state index contributed by atoms with van der Waals surface area (Å²) in [6, 6.07) is 2.56. The highest BCUT2D eigenvalue weighted by molar-refractivity contribution is 6.00. The molecule has 0 spiro atoms. The monoisotopic (exact) mass is 347 g/mol. The number of halogens is 2. The standard InChI is InChI=1S/C16H19F2N7/c17-10-6-9(14(19)20)16(24-15(10)21)23-12-7-13(22-8-11(12)18)25-4-2-1-3-5-25/h6-8H,1-5H2,(H3,19,20)(H3,21,22,23,24). The Balaban J connectivity index is 1.95. The van der Waals surface area contributed by atoms with Crippen LogP contribution in [-0.4, -0.2) is 28.9 Å². The number of nitrogens with one attached hydrogen (secondary N) is 2. The van der Waals surface area contributed by atoms with E-state index in [2.05, 4.69) is 20.2 Å². The molecule has 7 nitrogen and oxygen atoms in total. The van der Waals surface area contributed by atoms with Crippen LogP contribution in [-0.2, 0) is 0 Å². The van der Waals surface area contributed by atoms with Crippen molar-refractivity contribution in [1.29, 1.82) is 5.41 Å². The fraction of sp³-hybridized carbons (Fsp3) is 0.312. The van der Waals surface area contributed by atoms with Crippen LogP contribution < -0.4 is 21.7 Å². The number of rotatable bonds is 4. The smallest absolute Gasteiger partial charge is 0.166 e. The minimum atomic E-state index is -0.792. The minimum absolute atomic E-state index is 0.00225. The van der Waals surface area contributed by atoms with Crippen LogP contribution >= 0.6 is 0 Å². The Kier molecular flexibility index (Phi) is 4.64. The number of piperidine rings is 1. The number of nitrogen functional groups attached to an aromatic ring is 2. The van der Waals surface area contributed by atoms with Crippen LogP contribution in [0.3, 0.4) is 0 Å². The lowest BCUT2D eigenvalue weighted by molar-refractivity contribution is 0.571. The van der Waals surface area contributed by atoms with Crippen LogP contribution in [0.4, 0.5) is 31.9 Å². The molecule has 0 amide bonds. The van der Waals surface area contributed by atoms with E-state index in [4.69, 9.17) is 16.9 Å². The van der Waals surface area contributed by atoms with Gasteiger partial charge >= 0.3 is 0 Å². The molecule has 2 aromatic heterocycles. The zero-order chi connectivity index (χ0) is 18.0. The predicted octanol–water partition coefficient (Wildman–Crippen LogP) is 2.35. The van der Waals surface area contributed by atoms with Crippen molar-refractivity contribution in [2.75, 3.05) is 29.0 Å². The van der Waals surface area contributed by atoms with Crippen LogP contribution in [0.15, 0.2) is 18.3 Å². The summed E-state index contributed by atoms with van der Waals surface area (Å²) < 4.78 is 27.8. The van der Waals surface area contributed by atoms with Gasteiger partial charge in [-0.25, -0.2) is 18.7 Å². The predicted molar refractivity (Wildman–Crippen MR) is 93.2 cm³/mol. The van der Waals surface area contributed by atoms with Gasteiger partial charge in [0.25, 0.3) is 0 Å². The van der Waals surface area contributed by atoms with Crippen LogP contribution in [0.2, 0.25) is 0 Å². The molecule has 0 unspecified atom stereocenters. The zero-order valence-corrected chi connectivity index (χ0v) is 13.5. The molecule has 3 heterocycles. The average molecular weight is 347 g/mol. The molecule has 0 radical (unpaired) electrons. The quantitative estimate of drug-likeness (QED) is 0.498. The molecule has 0 saturated carbocycles. The molecule has 1 aliphatic heterocycles. The summed E-state index contributed by atoms with van der Waals surface area (Å²) in [6.07, 6.45) is 4.41. The van der Waals surface area contributed by atoms with Crippen molar-refractivity contribution in [2.24, 2.45) is 5.73 Å². The number of hydrogen-bond donors (Lipinski definition) is 4. The van der Waals surface area contributed by atoms with E-state index in [1.54, 1.807) is 6.07 Å². The second kappa shape index (κ2) is 6.88. The first kappa shape index (κ1) is 16.9. The summed E-state index contributed by atoms with van der Waals surface area (Å²) in [6.45, 7) is 1.72. The van der Waals surface area contributed by atoms with Gasteiger partial charge in [0.1, 0.15) is 17.5 Å². The molecule has 25 heavy (non-hydrogen) atoms. The van der Waals surface area contributed by atoms with E-state index in [-0.39, 0.29) is 22.9 Å². The molecule has 9 heteroatoms.